The van der Waals surface area contributed by atoms with Gasteiger partial charge in [0.2, 0.25) is 0 Å². The molecular weight excluding hydrogens is 134 g/mol. The SMILES string of the molecule is C=C(C)C1CCC(C)=CC1N. The molecule has 2 atom stereocenters. The number of hydrogen-bond acceptors (Lipinski definition) is 1. The molecule has 0 spiro atoms. The molecule has 0 heterocycles. The van der Waals surface area contributed by atoms with E-state index in [1.807, 2.05) is 0 Å². The van der Waals surface area contributed by atoms with E-state index in [-0.39, 0.29) is 6.04 Å². The summed E-state index contributed by atoms with van der Waals surface area (Å²) >= 11 is 0. The smallest absolute Gasteiger partial charge is 0.0292 e. The molecule has 0 aromatic carbocycles. The maximum absolute atomic E-state index is 5.93. The van der Waals surface area contributed by atoms with E-state index < -0.39 is 0 Å². The standard InChI is InChI=1S/C10H17N/c1-7(2)9-5-4-8(3)6-10(9)11/h6,9-10H,1,4-5,11H2,2-3H3. The quantitative estimate of drug-likeness (QED) is 0.571. The zero-order valence-electron chi connectivity index (χ0n) is 7.43. The van der Waals surface area contributed by atoms with Crippen LogP contribution in [-0.2, 0) is 0 Å². The molecule has 11 heavy (non-hydrogen) atoms. The second-order valence-corrected chi connectivity index (χ2v) is 3.58. The molecule has 0 saturated heterocycles. The lowest BCUT2D eigenvalue weighted by Gasteiger charge is -2.26. The lowest BCUT2D eigenvalue weighted by molar-refractivity contribution is 0.480. The minimum absolute atomic E-state index is 0.209. The first-order valence-corrected chi connectivity index (χ1v) is 4.19. The number of nitrogens with two attached hydrogens (primary N) is 1. The normalized spacial score (nSPS) is 31.4. The Kier molecular flexibility index (Phi) is 2.50. The molecule has 1 nitrogen and oxygen atoms in total. The summed E-state index contributed by atoms with van der Waals surface area (Å²) in [4.78, 5) is 0. The number of hydrogen-bond donors (Lipinski definition) is 1. The van der Waals surface area contributed by atoms with E-state index in [9.17, 15) is 0 Å². The van der Waals surface area contributed by atoms with Gasteiger partial charge in [-0.05, 0) is 32.6 Å². The minimum atomic E-state index is 0.209. The average molecular weight is 151 g/mol. The van der Waals surface area contributed by atoms with Gasteiger partial charge >= 0.3 is 0 Å². The molecule has 1 rings (SSSR count). The van der Waals surface area contributed by atoms with Crippen molar-refractivity contribution in [1.29, 1.82) is 0 Å². The molecule has 0 aromatic rings. The molecule has 0 saturated carbocycles. The maximum Gasteiger partial charge on any atom is 0.0292 e. The monoisotopic (exact) mass is 151 g/mol. The Morgan fingerprint density at radius 3 is 2.82 bits per heavy atom. The number of allylic oxidation sites excluding steroid dienone is 1. The summed E-state index contributed by atoms with van der Waals surface area (Å²) in [6, 6.07) is 0.209. The van der Waals surface area contributed by atoms with Crippen LogP contribution in [0.3, 0.4) is 0 Å². The van der Waals surface area contributed by atoms with Crippen LogP contribution in [0, 0.1) is 5.92 Å². The van der Waals surface area contributed by atoms with E-state index in [0.29, 0.717) is 5.92 Å². The molecule has 1 aliphatic carbocycles. The molecule has 0 aromatic heterocycles. The summed E-state index contributed by atoms with van der Waals surface area (Å²) in [5.74, 6) is 0.513. The van der Waals surface area contributed by atoms with Gasteiger partial charge in [-0.1, -0.05) is 23.8 Å². The summed E-state index contributed by atoms with van der Waals surface area (Å²) in [6.45, 7) is 8.16. The summed E-state index contributed by atoms with van der Waals surface area (Å²) in [7, 11) is 0. The largest absolute Gasteiger partial charge is 0.324 e. The average Bonchev–Trinajstić information content (AvgIpc) is 1.85. The van der Waals surface area contributed by atoms with Gasteiger partial charge in [0.15, 0.2) is 0 Å². The van der Waals surface area contributed by atoms with E-state index in [1.54, 1.807) is 0 Å². The third-order valence-corrected chi connectivity index (χ3v) is 2.42. The van der Waals surface area contributed by atoms with E-state index >= 15 is 0 Å². The summed E-state index contributed by atoms with van der Waals surface area (Å²) in [6.07, 6.45) is 4.53. The fourth-order valence-corrected chi connectivity index (χ4v) is 1.68. The molecule has 1 aliphatic rings. The highest BCUT2D eigenvalue weighted by molar-refractivity contribution is 5.16. The highest BCUT2D eigenvalue weighted by atomic mass is 14.6. The molecule has 2 N–H and O–H groups in total. The first-order chi connectivity index (χ1) is 5.11. The van der Waals surface area contributed by atoms with Gasteiger partial charge in [-0.2, -0.15) is 0 Å². The number of rotatable bonds is 1. The first-order valence-electron chi connectivity index (χ1n) is 4.19. The van der Waals surface area contributed by atoms with Crippen molar-refractivity contribution in [3.8, 4) is 0 Å². The van der Waals surface area contributed by atoms with Crippen molar-refractivity contribution >= 4 is 0 Å². The third kappa shape index (κ3) is 1.93. The Bertz CT molecular complexity index is 191. The van der Waals surface area contributed by atoms with Crippen LogP contribution in [0.25, 0.3) is 0 Å². The lowest BCUT2D eigenvalue weighted by atomic mass is 9.83. The van der Waals surface area contributed by atoms with Crippen LogP contribution in [0.4, 0.5) is 0 Å². The lowest BCUT2D eigenvalue weighted by Crippen LogP contribution is -2.31. The van der Waals surface area contributed by atoms with Crippen LogP contribution < -0.4 is 5.73 Å². The molecule has 0 fully saturated rings. The van der Waals surface area contributed by atoms with Gasteiger partial charge in [-0.15, -0.1) is 0 Å². The van der Waals surface area contributed by atoms with E-state index in [1.165, 1.54) is 24.0 Å². The molecule has 62 valence electrons. The Morgan fingerprint density at radius 1 is 1.73 bits per heavy atom. The van der Waals surface area contributed by atoms with Crippen LogP contribution >= 0.6 is 0 Å². The minimum Gasteiger partial charge on any atom is -0.324 e. The van der Waals surface area contributed by atoms with Gasteiger partial charge in [-0.3, -0.25) is 0 Å². The van der Waals surface area contributed by atoms with Gasteiger partial charge in [-0.25, -0.2) is 0 Å². The van der Waals surface area contributed by atoms with Crippen LogP contribution in [0.1, 0.15) is 26.7 Å². The Morgan fingerprint density at radius 2 is 2.36 bits per heavy atom. The predicted molar refractivity (Wildman–Crippen MR) is 49.3 cm³/mol. The van der Waals surface area contributed by atoms with Crippen molar-refractivity contribution in [2.75, 3.05) is 0 Å². The van der Waals surface area contributed by atoms with Crippen molar-refractivity contribution in [3.63, 3.8) is 0 Å². The van der Waals surface area contributed by atoms with Gasteiger partial charge in [0.1, 0.15) is 0 Å². The predicted octanol–water partition coefficient (Wildman–Crippen LogP) is 2.25. The molecule has 0 bridgehead atoms. The van der Waals surface area contributed by atoms with Crippen molar-refractivity contribution in [2.24, 2.45) is 11.7 Å². The van der Waals surface area contributed by atoms with E-state index in [2.05, 4.69) is 26.5 Å². The summed E-state index contributed by atoms with van der Waals surface area (Å²) in [5, 5.41) is 0. The maximum atomic E-state index is 5.93. The molecule has 0 radical (unpaired) electrons. The van der Waals surface area contributed by atoms with Crippen molar-refractivity contribution < 1.29 is 0 Å². The Balaban J connectivity index is 2.68. The molecule has 0 amide bonds. The molecule has 1 heteroatoms. The topological polar surface area (TPSA) is 26.0 Å². The zero-order valence-corrected chi connectivity index (χ0v) is 7.43. The fourth-order valence-electron chi connectivity index (χ4n) is 1.68. The van der Waals surface area contributed by atoms with Crippen molar-refractivity contribution in [2.45, 2.75) is 32.7 Å². The summed E-state index contributed by atoms with van der Waals surface area (Å²) in [5.41, 5.74) is 8.58. The van der Waals surface area contributed by atoms with Gasteiger partial charge in [0.05, 0.1) is 0 Å². The van der Waals surface area contributed by atoms with Gasteiger partial charge < -0.3 is 5.73 Å². The second-order valence-electron chi connectivity index (χ2n) is 3.58. The highest BCUT2D eigenvalue weighted by Gasteiger charge is 2.20. The highest BCUT2D eigenvalue weighted by Crippen LogP contribution is 2.26. The third-order valence-electron chi connectivity index (χ3n) is 2.42. The molecule has 2 unspecified atom stereocenters. The van der Waals surface area contributed by atoms with Gasteiger partial charge in [0.25, 0.3) is 0 Å². The van der Waals surface area contributed by atoms with Crippen molar-refractivity contribution in [1.82, 2.24) is 0 Å². The molecule has 0 aliphatic heterocycles. The van der Waals surface area contributed by atoms with Crippen LogP contribution in [0.2, 0.25) is 0 Å². The van der Waals surface area contributed by atoms with Gasteiger partial charge in [0, 0.05) is 6.04 Å². The fraction of sp³-hybridized carbons (Fsp3) is 0.600. The first kappa shape index (κ1) is 8.54. The van der Waals surface area contributed by atoms with E-state index in [4.69, 9.17) is 5.73 Å². The van der Waals surface area contributed by atoms with Crippen LogP contribution in [-0.4, -0.2) is 6.04 Å². The zero-order chi connectivity index (χ0) is 8.43. The van der Waals surface area contributed by atoms with E-state index in [0.717, 1.165) is 0 Å². The molecular formula is C10H17N. The summed E-state index contributed by atoms with van der Waals surface area (Å²) < 4.78 is 0. The second kappa shape index (κ2) is 3.22. The Hall–Kier alpha value is -0.560. The van der Waals surface area contributed by atoms with Crippen LogP contribution in [0.5, 0.6) is 0 Å². The van der Waals surface area contributed by atoms with Crippen molar-refractivity contribution in [3.05, 3.63) is 23.8 Å². The Labute approximate surface area is 69.0 Å². The van der Waals surface area contributed by atoms with Crippen LogP contribution in [0.15, 0.2) is 23.8 Å².